The van der Waals surface area contributed by atoms with E-state index in [0.29, 0.717) is 24.8 Å². The van der Waals surface area contributed by atoms with E-state index in [1.165, 1.54) is 0 Å². The maximum absolute atomic E-state index is 12.1. The first-order chi connectivity index (χ1) is 10.9. The summed E-state index contributed by atoms with van der Waals surface area (Å²) in [7, 11) is 0. The first-order valence-electron chi connectivity index (χ1n) is 8.30. The minimum absolute atomic E-state index is 0.0762. The highest BCUT2D eigenvalue weighted by atomic mass is 16.3. The third-order valence-corrected chi connectivity index (χ3v) is 3.96. The Morgan fingerprint density at radius 3 is 2.57 bits per heavy atom. The standard InChI is InChI=1S/C17H27N3O3/c1-12(2)10-18-16(21)11-20-8-6-14(7-9-20)19-17(22)15-5-4-13(3)23-15/h4-5,12,14H,6-11H2,1-3H3,(H,18,21)(H,19,22). The van der Waals surface area contributed by atoms with Crippen molar-refractivity contribution in [3.05, 3.63) is 23.7 Å². The number of carbonyl (C=O) groups excluding carboxylic acids is 2. The lowest BCUT2D eigenvalue weighted by Gasteiger charge is -2.31. The van der Waals surface area contributed by atoms with Crippen molar-refractivity contribution in [3.63, 3.8) is 0 Å². The molecule has 23 heavy (non-hydrogen) atoms. The van der Waals surface area contributed by atoms with Crippen LogP contribution in [0, 0.1) is 12.8 Å². The number of piperidine rings is 1. The summed E-state index contributed by atoms with van der Waals surface area (Å²) in [5.74, 6) is 1.47. The molecular weight excluding hydrogens is 294 g/mol. The van der Waals surface area contributed by atoms with E-state index in [0.717, 1.165) is 31.7 Å². The van der Waals surface area contributed by atoms with Crippen molar-refractivity contribution in [1.82, 2.24) is 15.5 Å². The summed E-state index contributed by atoms with van der Waals surface area (Å²) < 4.78 is 5.33. The number of amides is 2. The molecule has 2 N–H and O–H groups in total. The normalized spacial score (nSPS) is 16.5. The highest BCUT2D eigenvalue weighted by molar-refractivity contribution is 5.91. The monoisotopic (exact) mass is 321 g/mol. The van der Waals surface area contributed by atoms with Crippen LogP contribution in [0.4, 0.5) is 0 Å². The Bertz CT molecular complexity index is 531. The summed E-state index contributed by atoms with van der Waals surface area (Å²) in [4.78, 5) is 26.0. The maximum atomic E-state index is 12.1. The molecule has 0 bridgehead atoms. The second-order valence-electron chi connectivity index (χ2n) is 6.63. The highest BCUT2D eigenvalue weighted by Gasteiger charge is 2.23. The first-order valence-corrected chi connectivity index (χ1v) is 8.30. The van der Waals surface area contributed by atoms with Crippen LogP contribution in [0.3, 0.4) is 0 Å². The lowest BCUT2D eigenvalue weighted by molar-refractivity contribution is -0.122. The van der Waals surface area contributed by atoms with Crippen LogP contribution in [0.2, 0.25) is 0 Å². The highest BCUT2D eigenvalue weighted by Crippen LogP contribution is 2.12. The van der Waals surface area contributed by atoms with Crippen molar-refractivity contribution in [2.45, 2.75) is 39.7 Å². The molecular formula is C17H27N3O3. The lowest BCUT2D eigenvalue weighted by atomic mass is 10.0. The molecule has 128 valence electrons. The fourth-order valence-corrected chi connectivity index (χ4v) is 2.63. The zero-order valence-electron chi connectivity index (χ0n) is 14.2. The minimum Gasteiger partial charge on any atom is -0.456 e. The number of hydrogen-bond donors (Lipinski definition) is 2. The van der Waals surface area contributed by atoms with Crippen LogP contribution in [0.1, 0.15) is 43.0 Å². The summed E-state index contributed by atoms with van der Waals surface area (Å²) >= 11 is 0. The van der Waals surface area contributed by atoms with E-state index in [-0.39, 0.29) is 17.9 Å². The molecule has 0 radical (unpaired) electrons. The Hall–Kier alpha value is -1.82. The molecule has 6 nitrogen and oxygen atoms in total. The molecule has 1 aromatic rings. The second kappa shape index (κ2) is 8.15. The van der Waals surface area contributed by atoms with Crippen molar-refractivity contribution in [1.29, 1.82) is 0 Å². The van der Waals surface area contributed by atoms with Gasteiger partial charge in [0.1, 0.15) is 5.76 Å². The molecule has 1 aliphatic rings. The minimum atomic E-state index is -0.161. The van der Waals surface area contributed by atoms with Crippen LogP contribution >= 0.6 is 0 Å². The lowest BCUT2D eigenvalue weighted by Crippen LogP contribution is -2.47. The van der Waals surface area contributed by atoms with E-state index in [1.807, 2.05) is 6.92 Å². The number of carbonyl (C=O) groups is 2. The molecule has 0 atom stereocenters. The molecule has 2 heterocycles. The van der Waals surface area contributed by atoms with Crippen molar-refractivity contribution >= 4 is 11.8 Å². The molecule has 1 saturated heterocycles. The van der Waals surface area contributed by atoms with Gasteiger partial charge >= 0.3 is 0 Å². The van der Waals surface area contributed by atoms with Crippen LogP contribution in [0.25, 0.3) is 0 Å². The van der Waals surface area contributed by atoms with Crippen molar-refractivity contribution in [3.8, 4) is 0 Å². The largest absolute Gasteiger partial charge is 0.456 e. The van der Waals surface area contributed by atoms with E-state index < -0.39 is 0 Å². The average molecular weight is 321 g/mol. The van der Waals surface area contributed by atoms with Gasteiger partial charge in [0.25, 0.3) is 5.91 Å². The van der Waals surface area contributed by atoms with Crippen LogP contribution in [-0.2, 0) is 4.79 Å². The van der Waals surface area contributed by atoms with E-state index in [4.69, 9.17) is 4.42 Å². The van der Waals surface area contributed by atoms with Gasteiger partial charge in [0.15, 0.2) is 5.76 Å². The molecule has 2 amide bonds. The van der Waals surface area contributed by atoms with Crippen LogP contribution in [-0.4, -0.2) is 48.9 Å². The summed E-state index contributed by atoms with van der Waals surface area (Å²) in [6, 6.07) is 3.62. The van der Waals surface area contributed by atoms with Crippen LogP contribution < -0.4 is 10.6 Å². The van der Waals surface area contributed by atoms with Gasteiger partial charge in [-0.3, -0.25) is 14.5 Å². The maximum Gasteiger partial charge on any atom is 0.287 e. The fraction of sp³-hybridized carbons (Fsp3) is 0.647. The van der Waals surface area contributed by atoms with Gasteiger partial charge in [-0.1, -0.05) is 13.8 Å². The molecule has 1 aliphatic heterocycles. The Kier molecular flexibility index (Phi) is 6.21. The quantitative estimate of drug-likeness (QED) is 0.834. The van der Waals surface area contributed by atoms with Gasteiger partial charge in [-0.2, -0.15) is 0 Å². The second-order valence-corrected chi connectivity index (χ2v) is 6.63. The van der Waals surface area contributed by atoms with E-state index in [2.05, 4.69) is 29.4 Å². The number of rotatable bonds is 6. The Morgan fingerprint density at radius 1 is 1.30 bits per heavy atom. The van der Waals surface area contributed by atoms with E-state index in [9.17, 15) is 9.59 Å². The van der Waals surface area contributed by atoms with Gasteiger partial charge in [-0.25, -0.2) is 0 Å². The first kappa shape index (κ1) is 17.5. The van der Waals surface area contributed by atoms with Gasteiger partial charge in [-0.05, 0) is 37.8 Å². The third-order valence-electron chi connectivity index (χ3n) is 3.96. The third kappa shape index (κ3) is 5.71. The zero-order chi connectivity index (χ0) is 16.8. The molecule has 0 aromatic carbocycles. The van der Waals surface area contributed by atoms with Crippen LogP contribution in [0.15, 0.2) is 16.5 Å². The summed E-state index contributed by atoms with van der Waals surface area (Å²) in [6.45, 7) is 8.76. The topological polar surface area (TPSA) is 74.6 Å². The zero-order valence-corrected chi connectivity index (χ0v) is 14.2. The van der Waals surface area contributed by atoms with Crippen molar-refractivity contribution < 1.29 is 14.0 Å². The number of aryl methyl sites for hydroxylation is 1. The molecule has 0 spiro atoms. The fourth-order valence-electron chi connectivity index (χ4n) is 2.63. The number of hydrogen-bond acceptors (Lipinski definition) is 4. The summed E-state index contributed by atoms with van der Waals surface area (Å²) in [6.07, 6.45) is 1.70. The van der Waals surface area contributed by atoms with Crippen LogP contribution in [0.5, 0.6) is 0 Å². The van der Waals surface area contributed by atoms with Crippen molar-refractivity contribution in [2.75, 3.05) is 26.2 Å². The molecule has 0 saturated carbocycles. The summed E-state index contributed by atoms with van der Waals surface area (Å²) in [5.41, 5.74) is 0. The molecule has 2 rings (SSSR count). The molecule has 1 aromatic heterocycles. The number of likely N-dealkylation sites (tertiary alicyclic amines) is 1. The Morgan fingerprint density at radius 2 is 2.00 bits per heavy atom. The smallest absolute Gasteiger partial charge is 0.287 e. The Labute approximate surface area is 137 Å². The molecule has 6 heteroatoms. The molecule has 0 unspecified atom stereocenters. The SMILES string of the molecule is Cc1ccc(C(=O)NC2CCN(CC(=O)NCC(C)C)CC2)o1. The summed E-state index contributed by atoms with van der Waals surface area (Å²) in [5, 5.41) is 5.94. The van der Waals surface area contributed by atoms with E-state index >= 15 is 0 Å². The average Bonchev–Trinajstić information content (AvgIpc) is 2.94. The van der Waals surface area contributed by atoms with Gasteiger partial charge < -0.3 is 15.1 Å². The van der Waals surface area contributed by atoms with Crippen molar-refractivity contribution in [2.24, 2.45) is 5.92 Å². The van der Waals surface area contributed by atoms with Gasteiger partial charge in [-0.15, -0.1) is 0 Å². The number of furan rings is 1. The molecule has 0 aliphatic carbocycles. The molecule has 1 fully saturated rings. The van der Waals surface area contributed by atoms with Gasteiger partial charge in [0.2, 0.25) is 5.91 Å². The predicted molar refractivity (Wildman–Crippen MR) is 88.2 cm³/mol. The number of nitrogens with zero attached hydrogens (tertiary/aromatic N) is 1. The van der Waals surface area contributed by atoms with Gasteiger partial charge in [0.05, 0.1) is 6.54 Å². The number of nitrogens with one attached hydrogen (secondary N) is 2. The Balaban J connectivity index is 1.69. The predicted octanol–water partition coefficient (Wildman–Crippen LogP) is 1.55. The van der Waals surface area contributed by atoms with E-state index in [1.54, 1.807) is 12.1 Å². The van der Waals surface area contributed by atoms with Gasteiger partial charge in [0, 0.05) is 25.7 Å².